The van der Waals surface area contributed by atoms with Crippen LogP contribution in [0.15, 0.2) is 122 Å². The van der Waals surface area contributed by atoms with E-state index in [0.29, 0.717) is 104 Å². The third-order valence-electron chi connectivity index (χ3n) is 28.2. The number of aliphatic hydroxyl groups excluding tert-OH is 4. The highest BCUT2D eigenvalue weighted by atomic mass is 35.5. The van der Waals surface area contributed by atoms with Crippen LogP contribution >= 0.6 is 46.4 Å². The van der Waals surface area contributed by atoms with Gasteiger partial charge in [0, 0.05) is 193 Å². The molecule has 0 saturated carbocycles. The van der Waals surface area contributed by atoms with Crippen LogP contribution in [0.25, 0.3) is 43.6 Å². The van der Waals surface area contributed by atoms with Crippen LogP contribution in [-0.2, 0) is 37.6 Å². The van der Waals surface area contributed by atoms with Gasteiger partial charge in [-0.15, -0.1) is 0 Å². The minimum atomic E-state index is -3.37. The summed E-state index contributed by atoms with van der Waals surface area (Å²) in [6.07, 6.45) is 9.85. The number of anilines is 1. The molecule has 6 fully saturated rings. The van der Waals surface area contributed by atoms with E-state index in [1.54, 1.807) is 51.5 Å². The van der Waals surface area contributed by atoms with Gasteiger partial charge in [0.1, 0.15) is 15.9 Å². The molecule has 6 aliphatic heterocycles. The van der Waals surface area contributed by atoms with Crippen molar-refractivity contribution in [1.82, 2.24) is 85.1 Å². The molecule has 6 saturated heterocycles. The number of urea groups is 3. The van der Waals surface area contributed by atoms with Crippen molar-refractivity contribution in [2.75, 3.05) is 135 Å². The fourth-order valence-corrected chi connectivity index (χ4v) is 22.6. The number of H-pyrrole nitrogens is 4. The van der Waals surface area contributed by atoms with Gasteiger partial charge in [-0.2, -0.15) is 20.4 Å². The van der Waals surface area contributed by atoms with Crippen molar-refractivity contribution in [3.63, 3.8) is 0 Å². The average Bonchev–Trinajstić information content (AvgIpc) is 1.58. The van der Waals surface area contributed by atoms with E-state index < -0.39 is 72.4 Å². The number of halogens is 6. The van der Waals surface area contributed by atoms with Crippen LogP contribution in [-0.4, -0.2) is 271 Å². The summed E-state index contributed by atoms with van der Waals surface area (Å²) < 4.78 is 78.0. The van der Waals surface area contributed by atoms with Gasteiger partial charge >= 0.3 is 18.1 Å². The van der Waals surface area contributed by atoms with Gasteiger partial charge in [0.25, 0.3) is 5.92 Å². The number of aromatic nitrogens is 8. The molecule has 10 aromatic rings. The van der Waals surface area contributed by atoms with Gasteiger partial charge in [-0.3, -0.25) is 30.1 Å². The smallest absolute Gasteiger partial charge is 0.321 e. The number of fused-ring (bicyclic) bond motifs is 4. The number of aryl methyl sites for hydroxylation is 1. The van der Waals surface area contributed by atoms with Crippen LogP contribution in [0.3, 0.4) is 0 Å². The van der Waals surface area contributed by atoms with Crippen molar-refractivity contribution < 1.29 is 65.2 Å². The zero-order chi connectivity index (χ0) is 95.7. The van der Waals surface area contributed by atoms with Crippen molar-refractivity contribution in [3.05, 3.63) is 181 Å². The van der Waals surface area contributed by atoms with Gasteiger partial charge in [0.2, 0.25) is 15.9 Å². The van der Waals surface area contributed by atoms with Crippen molar-refractivity contribution in [3.8, 4) is 0 Å². The molecule has 4 unspecified atom stereocenters. The highest BCUT2D eigenvalue weighted by molar-refractivity contribution is 7.90. The summed E-state index contributed by atoms with van der Waals surface area (Å²) in [6, 6.07) is 29.4. The minimum absolute atomic E-state index is 0.0304. The zero-order valence-corrected chi connectivity index (χ0v) is 81.6. The molecule has 0 radical (unpaired) electrons. The van der Waals surface area contributed by atoms with E-state index in [-0.39, 0.29) is 96.2 Å². The molecule has 722 valence electrons. The number of sulfonamides is 1. The average molecular weight is 1960 g/mol. The summed E-state index contributed by atoms with van der Waals surface area (Å²) in [5.74, 6) is -3.53. The molecule has 7 amide bonds. The van der Waals surface area contributed by atoms with E-state index in [9.17, 15) is 56.4 Å². The molecular formula is C95H126Cl4F2N18O12S2. The number of likely N-dealkylation sites (tertiary alicyclic amines) is 4. The van der Waals surface area contributed by atoms with Gasteiger partial charge in [-0.1, -0.05) is 130 Å². The van der Waals surface area contributed by atoms with Gasteiger partial charge in [0.05, 0.1) is 83.1 Å². The lowest BCUT2D eigenvalue weighted by Crippen LogP contribution is -2.48. The Morgan fingerprint density at radius 1 is 0.489 bits per heavy atom. The van der Waals surface area contributed by atoms with Crippen molar-refractivity contribution >= 4 is 140 Å². The maximum Gasteiger partial charge on any atom is 0.321 e. The van der Waals surface area contributed by atoms with E-state index in [1.807, 2.05) is 86.3 Å². The number of likely N-dealkylation sites (N-methyl/N-ethyl adjacent to an activating group) is 1. The molecule has 0 aliphatic carbocycles. The molecule has 6 aromatic carbocycles. The first-order valence-electron chi connectivity index (χ1n) is 45.7. The van der Waals surface area contributed by atoms with E-state index in [0.717, 1.165) is 137 Å². The molecule has 4 aromatic heterocycles. The second-order valence-corrected chi connectivity index (χ2v) is 44.5. The maximum atomic E-state index is 15.2. The number of nitrogens with zero attached hydrogens (tertiary/aromatic N) is 11. The molecule has 6 aliphatic rings. The topological polar surface area (TPSA) is 391 Å². The Morgan fingerprint density at radius 3 is 1.23 bits per heavy atom. The summed E-state index contributed by atoms with van der Waals surface area (Å²) >= 11 is 24.9. The Balaban J connectivity index is 0.000000151. The van der Waals surface area contributed by atoms with Gasteiger partial charge in [0.15, 0.2) is 0 Å². The second kappa shape index (κ2) is 43.6. The Hall–Kier alpha value is -8.88. The van der Waals surface area contributed by atoms with E-state index in [2.05, 4.69) is 113 Å². The third-order valence-corrected chi connectivity index (χ3v) is 32.1. The zero-order valence-electron chi connectivity index (χ0n) is 76.9. The first kappa shape index (κ1) is 102. The van der Waals surface area contributed by atoms with Crippen LogP contribution in [0, 0.1) is 46.8 Å². The maximum absolute atomic E-state index is 15.2. The van der Waals surface area contributed by atoms with Crippen LogP contribution < -0.4 is 16.0 Å². The number of alkyl halides is 2. The Morgan fingerprint density at radius 2 is 0.850 bits per heavy atom. The van der Waals surface area contributed by atoms with Gasteiger partial charge in [-0.25, -0.2) is 44.3 Å². The lowest BCUT2D eigenvalue weighted by Gasteiger charge is -2.43. The molecule has 38 heteroatoms. The number of sulfone groups is 1. The number of aliphatic hydroxyl groups is 4. The largest absolute Gasteiger partial charge is 0.388 e. The standard InChI is InChI=1S/C29H39ClN6O2.C23H24ClF2N3O2.C22H32ClN5O4S.C21H31ClN4O4S/c1-29(2,27(37)25-17-23(30)16-21-18-31-33-26(21)25)22-8-10-36(11-9-22)28(38)32-24-6-4-20(5-7-24)19-35-14-12-34(3)13-15-35;1-14-2-4-15(5-3-14)10-20(30)29-8-6-17(7-9-29)23(25,26)22(31)19-12-18(24)11-16-13-27-28-21(16)19;1-22(2,20(29)18-13-17(23)12-15-14-25-26-19(15)18)16-4-8-27(9-5-16)21(30)24-6-10-28-7-3-11-33(28,31)32;1-21(2,19(27)17-12-16(22)11-14-13-24-25-18(14)17)15-5-8-26(9-6-15)20(28)23-7-4-10-31(3,29)30/h4-7,16-18,22,27,37H,8-15,19H2,1-3H3,(H,31,33)(H,32,38);2-5,11-13,17,22,31H,6-10H2,1H3,(H,27,28);12-14,16,20,29H,3-11H2,1-2H3,(H,24,30)(H,25,26);11-13,15,19,27H,4-10H2,1-3H3,(H,23,28)(H,24,25). The summed E-state index contributed by atoms with van der Waals surface area (Å²) in [4.78, 5) is 62.4. The lowest BCUT2D eigenvalue weighted by molar-refractivity contribution is -0.164. The van der Waals surface area contributed by atoms with Crippen LogP contribution in [0.5, 0.6) is 0 Å². The molecule has 4 atom stereocenters. The highest BCUT2D eigenvalue weighted by Gasteiger charge is 2.50. The number of nitrogens with one attached hydrogen (secondary N) is 7. The van der Waals surface area contributed by atoms with E-state index in [1.165, 1.54) is 28.4 Å². The molecule has 0 spiro atoms. The summed E-state index contributed by atoms with van der Waals surface area (Å²) in [5, 5.41) is 86.2. The van der Waals surface area contributed by atoms with Crippen molar-refractivity contribution in [2.24, 2.45) is 39.9 Å². The number of piperazine rings is 1. The van der Waals surface area contributed by atoms with E-state index in [4.69, 9.17) is 46.4 Å². The normalized spacial score (nSPS) is 18.5. The summed E-state index contributed by atoms with van der Waals surface area (Å²) in [5.41, 5.74) is 7.85. The number of benzene rings is 6. The molecule has 16 rings (SSSR count). The first-order valence-corrected chi connectivity index (χ1v) is 50.9. The Labute approximate surface area is 796 Å². The lowest BCUT2D eigenvalue weighted by atomic mass is 9.68. The predicted octanol–water partition coefficient (Wildman–Crippen LogP) is 15.5. The number of piperidine rings is 4. The van der Waals surface area contributed by atoms with Crippen molar-refractivity contribution in [1.29, 1.82) is 0 Å². The quantitative estimate of drug-likeness (QED) is 0.0250. The van der Waals surface area contributed by atoms with Crippen LogP contribution in [0.4, 0.5) is 28.9 Å². The number of amides is 7. The second-order valence-electron chi connectivity index (χ2n) is 38.4. The molecule has 133 heavy (non-hydrogen) atoms. The highest BCUT2D eigenvalue weighted by Crippen LogP contribution is 2.51. The van der Waals surface area contributed by atoms with Gasteiger partial charge < -0.3 is 60.9 Å². The fourth-order valence-electron chi connectivity index (χ4n) is 19.5. The number of rotatable bonds is 24. The van der Waals surface area contributed by atoms with E-state index >= 15 is 8.78 Å². The Bertz CT molecular complexity index is 5890. The first-order chi connectivity index (χ1) is 63.0. The SMILES string of the molecule is CC(C)(C1CCN(C(=O)NCCCS(C)(=O)=O)CC1)C(O)c1cc(Cl)cc2cn[nH]c12.CC(C)(C1CCN(C(=O)NCCN2CCCS2(=O)=O)CC1)C(O)c1cc(Cl)cc2cn[nH]c12.CN1CCN(Cc2ccc(NC(=O)N3CCC(C(C)(C)C(O)c4cc(Cl)cc5cn[nH]c45)CC3)cc2)CC1.Cc1ccc(CC(=O)N2CCC(C(F)(F)C(O)c3cc(Cl)cc4cn[nH]c34)CC2)cc1. The molecule has 30 nitrogen and oxygen atoms in total. The number of hydrogen-bond acceptors (Lipinski definition) is 18. The monoisotopic (exact) mass is 1950 g/mol. The molecule has 0 bridgehead atoms. The number of aromatic amines is 4. The predicted molar refractivity (Wildman–Crippen MR) is 517 cm³/mol. The molecular weight excluding hydrogens is 1830 g/mol. The number of carbonyl (C=O) groups excluding carboxylic acids is 4. The summed E-state index contributed by atoms with van der Waals surface area (Å²) in [6.45, 7) is 25.3. The van der Waals surface area contributed by atoms with Gasteiger partial charge in [-0.05, 0) is 184 Å². The summed E-state index contributed by atoms with van der Waals surface area (Å²) in [7, 11) is -4.00. The molecule has 10 heterocycles. The molecule has 11 N–H and O–H groups in total. The fraction of sp³-hybridized carbons (Fsp3) is 0.537. The number of hydrogen-bond donors (Lipinski definition) is 11. The minimum Gasteiger partial charge on any atom is -0.388 e. The Kier molecular flexibility index (Phi) is 33.3. The third kappa shape index (κ3) is 25.1. The van der Waals surface area contributed by atoms with Crippen LogP contribution in [0.1, 0.15) is 169 Å². The number of carbonyl (C=O) groups is 4. The van der Waals surface area contributed by atoms with Crippen LogP contribution in [0.2, 0.25) is 20.1 Å². The van der Waals surface area contributed by atoms with Crippen molar-refractivity contribution in [2.45, 2.75) is 156 Å².